The third-order valence-corrected chi connectivity index (χ3v) is 3.69. The molecule has 0 radical (unpaired) electrons. The van der Waals surface area contributed by atoms with Crippen molar-refractivity contribution in [2.24, 2.45) is 0 Å². The summed E-state index contributed by atoms with van der Waals surface area (Å²) in [7, 11) is 0. The van der Waals surface area contributed by atoms with Crippen LogP contribution in [0.3, 0.4) is 0 Å². The van der Waals surface area contributed by atoms with Gasteiger partial charge in [0.05, 0.1) is 17.3 Å². The topological polar surface area (TPSA) is 47.3 Å². The van der Waals surface area contributed by atoms with Gasteiger partial charge in [-0.05, 0) is 48.6 Å². The quantitative estimate of drug-likeness (QED) is 0.799. The molecular formula is C16H11N3OS. The highest BCUT2D eigenvalue weighted by atomic mass is 32.1. The molecule has 0 saturated carbocycles. The van der Waals surface area contributed by atoms with Crippen LogP contribution in [0.1, 0.15) is 5.56 Å². The summed E-state index contributed by atoms with van der Waals surface area (Å²) in [4.78, 5) is 15.6. The first-order valence-electron chi connectivity index (χ1n) is 6.40. The van der Waals surface area contributed by atoms with Crippen LogP contribution in [0, 0.1) is 11.3 Å². The zero-order valence-electron chi connectivity index (χ0n) is 11.1. The molecule has 1 heterocycles. The van der Waals surface area contributed by atoms with Crippen molar-refractivity contribution in [3.05, 3.63) is 60.2 Å². The Balaban J connectivity index is 1.92. The van der Waals surface area contributed by atoms with E-state index in [1.807, 2.05) is 30.3 Å². The standard InChI is InChI=1S/C16H11N3OS/c17-10-12-6-8-14(9-7-12)19-15(20)11-18(16(19)21)13-4-2-1-3-5-13/h1-9H,11H2. The molecule has 1 fully saturated rings. The second-order valence-electron chi connectivity index (χ2n) is 4.59. The molecule has 0 spiro atoms. The van der Waals surface area contributed by atoms with E-state index in [4.69, 9.17) is 17.5 Å². The Morgan fingerprint density at radius 1 is 1.00 bits per heavy atom. The van der Waals surface area contributed by atoms with Crippen molar-refractivity contribution in [3.8, 4) is 6.07 Å². The molecule has 2 aromatic rings. The SMILES string of the molecule is N#Cc1ccc(N2C(=O)CN(c3ccccc3)C2=S)cc1. The number of amides is 1. The summed E-state index contributed by atoms with van der Waals surface area (Å²) >= 11 is 5.43. The van der Waals surface area contributed by atoms with Gasteiger partial charge in [-0.2, -0.15) is 5.26 Å². The second-order valence-corrected chi connectivity index (χ2v) is 4.96. The normalized spacial score (nSPS) is 14.4. The third kappa shape index (κ3) is 2.37. The highest BCUT2D eigenvalue weighted by Crippen LogP contribution is 2.26. The first-order valence-corrected chi connectivity index (χ1v) is 6.81. The predicted octanol–water partition coefficient (Wildman–Crippen LogP) is 2.70. The lowest BCUT2D eigenvalue weighted by atomic mass is 10.2. The highest BCUT2D eigenvalue weighted by molar-refractivity contribution is 7.81. The molecule has 1 saturated heterocycles. The van der Waals surface area contributed by atoms with Gasteiger partial charge in [0.2, 0.25) is 0 Å². The number of hydrogen-bond donors (Lipinski definition) is 0. The van der Waals surface area contributed by atoms with Crippen molar-refractivity contribution in [1.82, 2.24) is 0 Å². The van der Waals surface area contributed by atoms with Crippen molar-refractivity contribution >= 4 is 34.6 Å². The van der Waals surface area contributed by atoms with Crippen molar-refractivity contribution in [2.45, 2.75) is 0 Å². The third-order valence-electron chi connectivity index (χ3n) is 3.29. The van der Waals surface area contributed by atoms with Crippen LogP contribution in [0.15, 0.2) is 54.6 Å². The van der Waals surface area contributed by atoms with E-state index in [1.165, 1.54) is 4.90 Å². The lowest BCUT2D eigenvalue weighted by molar-refractivity contribution is -0.115. The molecule has 0 unspecified atom stereocenters. The summed E-state index contributed by atoms with van der Waals surface area (Å²) in [5, 5.41) is 9.28. The summed E-state index contributed by atoms with van der Waals surface area (Å²) in [5.41, 5.74) is 2.13. The van der Waals surface area contributed by atoms with Crippen molar-refractivity contribution in [2.75, 3.05) is 16.3 Å². The highest BCUT2D eigenvalue weighted by Gasteiger charge is 2.34. The summed E-state index contributed by atoms with van der Waals surface area (Å²) in [6, 6.07) is 18.5. The Morgan fingerprint density at radius 3 is 2.29 bits per heavy atom. The molecule has 1 aliphatic rings. The molecule has 3 rings (SSSR count). The van der Waals surface area contributed by atoms with Crippen LogP contribution in [-0.2, 0) is 4.79 Å². The molecule has 4 nitrogen and oxygen atoms in total. The summed E-state index contributed by atoms with van der Waals surface area (Å²) in [6.07, 6.45) is 0. The van der Waals surface area contributed by atoms with Crippen molar-refractivity contribution < 1.29 is 4.79 Å². The van der Waals surface area contributed by atoms with E-state index in [9.17, 15) is 4.79 Å². The molecule has 0 bridgehead atoms. The minimum Gasteiger partial charge on any atom is -0.309 e. The second kappa shape index (κ2) is 5.35. The van der Waals surface area contributed by atoms with Gasteiger partial charge >= 0.3 is 0 Å². The Kier molecular flexibility index (Phi) is 3.38. The Bertz CT molecular complexity index is 734. The maximum Gasteiger partial charge on any atom is 0.253 e. The van der Waals surface area contributed by atoms with Gasteiger partial charge in [-0.15, -0.1) is 0 Å². The fraction of sp³-hybridized carbons (Fsp3) is 0.0625. The Hall–Kier alpha value is -2.71. The molecule has 1 amide bonds. The lowest BCUT2D eigenvalue weighted by Gasteiger charge is -2.20. The number of benzene rings is 2. The maximum absolute atomic E-state index is 12.3. The number of thiocarbonyl (C=S) groups is 1. The van der Waals surface area contributed by atoms with Crippen molar-refractivity contribution in [1.29, 1.82) is 5.26 Å². The van der Waals surface area contributed by atoms with Gasteiger partial charge < -0.3 is 4.90 Å². The largest absolute Gasteiger partial charge is 0.309 e. The number of para-hydroxylation sites is 1. The molecule has 2 aromatic carbocycles. The molecule has 0 aromatic heterocycles. The fourth-order valence-electron chi connectivity index (χ4n) is 2.25. The van der Waals surface area contributed by atoms with Gasteiger partial charge in [0.15, 0.2) is 5.11 Å². The molecule has 1 aliphatic heterocycles. The molecule has 0 aliphatic carbocycles. The number of nitrogens with zero attached hydrogens (tertiary/aromatic N) is 3. The van der Waals surface area contributed by atoms with Crippen LogP contribution in [0.4, 0.5) is 11.4 Å². The maximum atomic E-state index is 12.3. The van der Waals surface area contributed by atoms with E-state index in [0.29, 0.717) is 16.4 Å². The minimum atomic E-state index is -0.0754. The van der Waals surface area contributed by atoms with Gasteiger partial charge in [0, 0.05) is 5.69 Å². The van der Waals surface area contributed by atoms with Crippen LogP contribution in [0.25, 0.3) is 0 Å². The predicted molar refractivity (Wildman–Crippen MR) is 85.0 cm³/mol. The molecular weight excluding hydrogens is 282 g/mol. The number of carbonyl (C=O) groups excluding carboxylic acids is 1. The van der Waals surface area contributed by atoms with Gasteiger partial charge in [-0.25, -0.2) is 0 Å². The fourth-order valence-corrected chi connectivity index (χ4v) is 2.63. The van der Waals surface area contributed by atoms with Gasteiger partial charge in [-0.3, -0.25) is 9.69 Å². The van der Waals surface area contributed by atoms with Crippen LogP contribution in [0.2, 0.25) is 0 Å². The number of carbonyl (C=O) groups is 1. The van der Waals surface area contributed by atoms with Crippen LogP contribution < -0.4 is 9.80 Å². The molecule has 0 N–H and O–H groups in total. The Morgan fingerprint density at radius 2 is 1.67 bits per heavy atom. The monoisotopic (exact) mass is 293 g/mol. The van der Waals surface area contributed by atoms with Gasteiger partial charge in [-0.1, -0.05) is 18.2 Å². The summed E-state index contributed by atoms with van der Waals surface area (Å²) in [6.45, 7) is 0.225. The van der Waals surface area contributed by atoms with E-state index < -0.39 is 0 Å². The van der Waals surface area contributed by atoms with Crippen LogP contribution in [0.5, 0.6) is 0 Å². The Labute approximate surface area is 127 Å². The number of hydrogen-bond acceptors (Lipinski definition) is 3. The van der Waals surface area contributed by atoms with Crippen LogP contribution in [-0.4, -0.2) is 17.6 Å². The lowest BCUT2D eigenvalue weighted by Crippen LogP contribution is -2.32. The first kappa shape index (κ1) is 13.3. The van der Waals surface area contributed by atoms with E-state index >= 15 is 0 Å². The molecule has 0 atom stereocenters. The van der Waals surface area contributed by atoms with E-state index in [1.54, 1.807) is 29.2 Å². The van der Waals surface area contributed by atoms with E-state index in [-0.39, 0.29) is 12.5 Å². The first-order chi connectivity index (χ1) is 10.2. The molecule has 102 valence electrons. The van der Waals surface area contributed by atoms with E-state index in [0.717, 1.165) is 5.69 Å². The molecule has 5 heteroatoms. The van der Waals surface area contributed by atoms with E-state index in [2.05, 4.69) is 6.07 Å². The summed E-state index contributed by atoms with van der Waals surface area (Å²) in [5.74, 6) is -0.0754. The van der Waals surface area contributed by atoms with Crippen molar-refractivity contribution in [3.63, 3.8) is 0 Å². The average molecular weight is 293 g/mol. The number of nitriles is 1. The number of anilines is 2. The van der Waals surface area contributed by atoms with Crippen LogP contribution >= 0.6 is 12.2 Å². The van der Waals surface area contributed by atoms with Gasteiger partial charge in [0.1, 0.15) is 6.54 Å². The van der Waals surface area contributed by atoms with Gasteiger partial charge in [0.25, 0.3) is 5.91 Å². The average Bonchev–Trinajstić information content (AvgIpc) is 2.83. The summed E-state index contributed by atoms with van der Waals surface area (Å²) < 4.78 is 0. The zero-order chi connectivity index (χ0) is 14.8. The smallest absolute Gasteiger partial charge is 0.253 e. The molecule has 21 heavy (non-hydrogen) atoms. The zero-order valence-corrected chi connectivity index (χ0v) is 11.9. The number of rotatable bonds is 2. The minimum absolute atomic E-state index is 0.0754.